The summed E-state index contributed by atoms with van der Waals surface area (Å²) in [4.78, 5) is 27.0. The highest BCUT2D eigenvalue weighted by molar-refractivity contribution is 6.00. The molecule has 5 heteroatoms. The van der Waals surface area contributed by atoms with Crippen LogP contribution >= 0.6 is 0 Å². The van der Waals surface area contributed by atoms with Crippen molar-refractivity contribution >= 4 is 17.7 Å². The maximum absolute atomic E-state index is 12.5. The lowest BCUT2D eigenvalue weighted by molar-refractivity contribution is -0.138. The van der Waals surface area contributed by atoms with Gasteiger partial charge in [-0.15, -0.1) is 0 Å². The van der Waals surface area contributed by atoms with Crippen LogP contribution in [-0.2, 0) is 11.2 Å². The van der Waals surface area contributed by atoms with Gasteiger partial charge < -0.3 is 10.0 Å². The van der Waals surface area contributed by atoms with Crippen molar-refractivity contribution in [2.45, 2.75) is 26.3 Å². The molecule has 0 fully saturated rings. The van der Waals surface area contributed by atoms with E-state index >= 15 is 0 Å². The summed E-state index contributed by atoms with van der Waals surface area (Å²) in [7, 11) is 1.71. The van der Waals surface area contributed by atoms with Crippen molar-refractivity contribution < 1.29 is 14.7 Å². The van der Waals surface area contributed by atoms with Gasteiger partial charge in [-0.1, -0.05) is 32.0 Å². The van der Waals surface area contributed by atoms with Crippen LogP contribution in [0, 0.1) is 5.92 Å². The molecule has 0 spiro atoms. The number of nitrogens with zero attached hydrogens (tertiary/aromatic N) is 2. The Balaban J connectivity index is 2.31. The van der Waals surface area contributed by atoms with Gasteiger partial charge in [0.05, 0.1) is 0 Å². The second-order valence-electron chi connectivity index (χ2n) is 5.61. The van der Waals surface area contributed by atoms with E-state index in [1.54, 1.807) is 18.0 Å². The molecule has 1 unspecified atom stereocenters. The highest BCUT2D eigenvalue weighted by Crippen LogP contribution is 2.32. The zero-order valence-electron chi connectivity index (χ0n) is 12.0. The molecule has 1 atom stereocenters. The smallest absolute Gasteiger partial charge is 0.327 e. The first-order valence-corrected chi connectivity index (χ1v) is 6.77. The minimum atomic E-state index is -0.965. The van der Waals surface area contributed by atoms with E-state index in [1.807, 2.05) is 32.0 Å². The molecule has 0 aliphatic carbocycles. The molecule has 2 rings (SSSR count). The largest absolute Gasteiger partial charge is 0.480 e. The van der Waals surface area contributed by atoms with Crippen LogP contribution in [0.5, 0.6) is 0 Å². The molecule has 20 heavy (non-hydrogen) atoms. The average molecular weight is 276 g/mol. The molecule has 0 bridgehead atoms. The van der Waals surface area contributed by atoms with E-state index in [1.165, 1.54) is 4.90 Å². The number of carbonyl (C=O) groups is 2. The number of carboxylic acid groups (broad SMARTS) is 1. The fourth-order valence-corrected chi connectivity index (χ4v) is 2.63. The van der Waals surface area contributed by atoms with Crippen molar-refractivity contribution in [3.8, 4) is 0 Å². The molecule has 1 heterocycles. The Bertz CT molecular complexity index is 528. The number of para-hydroxylation sites is 1. The SMILES string of the molecule is CC(C)CN(C)C(=O)N1c2ccccc2CC1C(=O)O. The zero-order chi connectivity index (χ0) is 14.9. The van der Waals surface area contributed by atoms with Crippen LogP contribution in [0.4, 0.5) is 10.5 Å². The molecule has 5 nitrogen and oxygen atoms in total. The third-order valence-electron chi connectivity index (χ3n) is 3.43. The first kappa shape index (κ1) is 14.4. The lowest BCUT2D eigenvalue weighted by Gasteiger charge is -2.29. The van der Waals surface area contributed by atoms with E-state index in [-0.39, 0.29) is 6.03 Å². The van der Waals surface area contributed by atoms with Gasteiger partial charge in [0.2, 0.25) is 0 Å². The molecule has 0 radical (unpaired) electrons. The van der Waals surface area contributed by atoms with Crippen LogP contribution in [0.2, 0.25) is 0 Å². The second kappa shape index (κ2) is 5.53. The van der Waals surface area contributed by atoms with Crippen LogP contribution in [0.15, 0.2) is 24.3 Å². The number of aliphatic carboxylic acids is 1. The van der Waals surface area contributed by atoms with E-state index in [0.29, 0.717) is 24.6 Å². The number of carboxylic acids is 1. The lowest BCUT2D eigenvalue weighted by atomic mass is 10.1. The van der Waals surface area contributed by atoms with E-state index < -0.39 is 12.0 Å². The molecular weight excluding hydrogens is 256 g/mol. The number of amides is 2. The van der Waals surface area contributed by atoms with Gasteiger partial charge in [-0.25, -0.2) is 9.59 Å². The lowest BCUT2D eigenvalue weighted by Crippen LogP contribution is -2.49. The summed E-state index contributed by atoms with van der Waals surface area (Å²) in [6.45, 7) is 4.65. The number of carbonyl (C=O) groups excluding carboxylic acids is 1. The topological polar surface area (TPSA) is 60.9 Å². The van der Waals surface area contributed by atoms with Gasteiger partial charge >= 0.3 is 12.0 Å². The van der Waals surface area contributed by atoms with Crippen LogP contribution in [0.25, 0.3) is 0 Å². The van der Waals surface area contributed by atoms with Gasteiger partial charge in [0.1, 0.15) is 6.04 Å². The Kier molecular flexibility index (Phi) is 3.97. The molecule has 1 N–H and O–H groups in total. The molecule has 0 aromatic heterocycles. The summed E-state index contributed by atoms with van der Waals surface area (Å²) in [5.74, 6) is -0.627. The third kappa shape index (κ3) is 2.61. The van der Waals surface area contributed by atoms with Gasteiger partial charge in [-0.3, -0.25) is 4.90 Å². The fourth-order valence-electron chi connectivity index (χ4n) is 2.63. The van der Waals surface area contributed by atoms with Crippen LogP contribution < -0.4 is 4.90 Å². The number of rotatable bonds is 3. The zero-order valence-corrected chi connectivity index (χ0v) is 12.0. The molecule has 1 aliphatic rings. The van der Waals surface area contributed by atoms with E-state index in [2.05, 4.69) is 0 Å². The summed E-state index contributed by atoms with van der Waals surface area (Å²) >= 11 is 0. The van der Waals surface area contributed by atoms with Gasteiger partial charge in [0.15, 0.2) is 0 Å². The van der Waals surface area contributed by atoms with E-state index in [0.717, 1.165) is 5.56 Å². The Labute approximate surface area is 118 Å². The highest BCUT2D eigenvalue weighted by Gasteiger charge is 2.39. The summed E-state index contributed by atoms with van der Waals surface area (Å²) in [6.07, 6.45) is 0.368. The first-order chi connectivity index (χ1) is 9.41. The molecular formula is C15H20N2O3. The van der Waals surface area contributed by atoms with Crippen LogP contribution in [-0.4, -0.2) is 41.6 Å². The summed E-state index contributed by atoms with van der Waals surface area (Å²) in [5.41, 5.74) is 1.62. The Morgan fingerprint density at radius 1 is 1.40 bits per heavy atom. The standard InChI is InChI=1S/C15H20N2O3/c1-10(2)9-16(3)15(20)17-12-7-5-4-6-11(12)8-13(17)14(18)19/h4-7,10,13H,8-9H2,1-3H3,(H,18,19). The maximum Gasteiger partial charge on any atom is 0.327 e. The van der Waals surface area contributed by atoms with Gasteiger partial charge in [0.25, 0.3) is 0 Å². The number of anilines is 1. The quantitative estimate of drug-likeness (QED) is 0.920. The van der Waals surface area contributed by atoms with Crippen molar-refractivity contribution in [1.82, 2.24) is 4.90 Å². The molecule has 1 aromatic carbocycles. The third-order valence-corrected chi connectivity index (χ3v) is 3.43. The average Bonchev–Trinajstić information content (AvgIpc) is 2.76. The molecule has 1 aliphatic heterocycles. The Morgan fingerprint density at radius 3 is 2.65 bits per heavy atom. The highest BCUT2D eigenvalue weighted by atomic mass is 16.4. The minimum absolute atomic E-state index is 0.254. The normalized spacial score (nSPS) is 17.2. The number of urea groups is 1. The van der Waals surface area contributed by atoms with Gasteiger partial charge in [0, 0.05) is 25.7 Å². The summed E-state index contributed by atoms with van der Waals surface area (Å²) < 4.78 is 0. The monoisotopic (exact) mass is 276 g/mol. The van der Waals surface area contributed by atoms with Gasteiger partial charge in [-0.2, -0.15) is 0 Å². The number of fused-ring (bicyclic) bond motifs is 1. The Hall–Kier alpha value is -2.04. The summed E-state index contributed by atoms with van der Waals surface area (Å²) in [5, 5.41) is 9.36. The number of benzene rings is 1. The fraction of sp³-hybridized carbons (Fsp3) is 0.467. The first-order valence-electron chi connectivity index (χ1n) is 6.77. The molecule has 1 aromatic rings. The molecule has 0 saturated carbocycles. The van der Waals surface area contributed by atoms with Crippen LogP contribution in [0.1, 0.15) is 19.4 Å². The molecule has 0 saturated heterocycles. The van der Waals surface area contributed by atoms with E-state index in [9.17, 15) is 14.7 Å². The number of hydrogen-bond acceptors (Lipinski definition) is 2. The predicted molar refractivity (Wildman–Crippen MR) is 76.9 cm³/mol. The van der Waals surface area contributed by atoms with Crippen molar-refractivity contribution in [2.75, 3.05) is 18.5 Å². The van der Waals surface area contributed by atoms with Crippen molar-refractivity contribution in [3.63, 3.8) is 0 Å². The van der Waals surface area contributed by atoms with Crippen LogP contribution in [0.3, 0.4) is 0 Å². The predicted octanol–water partition coefficient (Wildman–Crippen LogP) is 2.21. The van der Waals surface area contributed by atoms with Crippen molar-refractivity contribution in [3.05, 3.63) is 29.8 Å². The van der Waals surface area contributed by atoms with E-state index in [4.69, 9.17) is 0 Å². The van der Waals surface area contributed by atoms with Crippen molar-refractivity contribution in [2.24, 2.45) is 5.92 Å². The molecule has 108 valence electrons. The summed E-state index contributed by atoms with van der Waals surface area (Å²) in [6, 6.07) is 6.31. The maximum atomic E-state index is 12.5. The Morgan fingerprint density at radius 2 is 2.05 bits per heavy atom. The van der Waals surface area contributed by atoms with Crippen molar-refractivity contribution in [1.29, 1.82) is 0 Å². The minimum Gasteiger partial charge on any atom is -0.480 e. The number of hydrogen-bond donors (Lipinski definition) is 1. The second-order valence-corrected chi connectivity index (χ2v) is 5.61. The molecule has 2 amide bonds. The van der Waals surface area contributed by atoms with Gasteiger partial charge in [-0.05, 0) is 17.5 Å².